The number of fused-ring (bicyclic) bond motifs is 1. The molecule has 0 aliphatic carbocycles. The molecule has 0 bridgehead atoms. The molecule has 0 aliphatic rings. The van der Waals surface area contributed by atoms with Crippen molar-refractivity contribution in [2.24, 2.45) is 0 Å². The number of aromatic nitrogens is 3. The summed E-state index contributed by atoms with van der Waals surface area (Å²) in [5.74, 6) is 0.0536. The fourth-order valence-electron chi connectivity index (χ4n) is 2.85. The molecular formula is C22H27FN6O2. The number of amides is 1. The number of hydrogen-bond donors (Lipinski definition) is 4. The van der Waals surface area contributed by atoms with Crippen LogP contribution in [0, 0.1) is 0 Å². The summed E-state index contributed by atoms with van der Waals surface area (Å²) in [7, 11) is 0. The zero-order chi connectivity index (χ0) is 22.6. The van der Waals surface area contributed by atoms with Gasteiger partial charge >= 0.3 is 0 Å². The summed E-state index contributed by atoms with van der Waals surface area (Å²) in [4.78, 5) is 25.5. The lowest BCUT2D eigenvalue weighted by Crippen LogP contribution is -2.42. The molecule has 0 saturated carbocycles. The first kappa shape index (κ1) is 22.4. The van der Waals surface area contributed by atoms with Gasteiger partial charge in [-0.25, -0.2) is 9.37 Å². The highest BCUT2D eigenvalue weighted by molar-refractivity contribution is 6.00. The minimum absolute atomic E-state index is 0.0584. The number of rotatable bonds is 8. The Morgan fingerprint density at radius 1 is 1.13 bits per heavy atom. The number of aliphatic hydroxyl groups is 1. The van der Waals surface area contributed by atoms with E-state index in [1.165, 1.54) is 20.0 Å². The van der Waals surface area contributed by atoms with Gasteiger partial charge in [-0.15, -0.1) is 0 Å². The second-order valence-corrected chi connectivity index (χ2v) is 8.13. The molecule has 3 rings (SSSR count). The Morgan fingerprint density at radius 2 is 1.84 bits per heavy atom. The average Bonchev–Trinajstić information content (AvgIpc) is 2.70. The molecule has 8 nitrogen and oxygen atoms in total. The van der Waals surface area contributed by atoms with Gasteiger partial charge < -0.3 is 21.1 Å². The molecule has 1 aromatic carbocycles. The lowest BCUT2D eigenvalue weighted by atomic mass is 10.0. The van der Waals surface area contributed by atoms with Gasteiger partial charge in [0.2, 0.25) is 0 Å². The summed E-state index contributed by atoms with van der Waals surface area (Å²) in [5, 5.41) is 18.7. The number of pyridine rings is 1. The van der Waals surface area contributed by atoms with Crippen LogP contribution in [-0.4, -0.2) is 50.3 Å². The zero-order valence-corrected chi connectivity index (χ0v) is 18.0. The number of benzene rings is 1. The normalized spacial score (nSPS) is 12.6. The summed E-state index contributed by atoms with van der Waals surface area (Å²) in [6.07, 6.45) is 3.10. The first-order valence-electron chi connectivity index (χ1n) is 10.0. The summed E-state index contributed by atoms with van der Waals surface area (Å²) < 4.78 is 14.0. The molecule has 2 heterocycles. The highest BCUT2D eigenvalue weighted by Gasteiger charge is 2.27. The van der Waals surface area contributed by atoms with Crippen LogP contribution >= 0.6 is 0 Å². The second kappa shape index (κ2) is 9.22. The molecule has 2 aromatic heterocycles. The Bertz CT molecular complexity index is 1070. The van der Waals surface area contributed by atoms with Gasteiger partial charge in [-0.2, -0.15) is 0 Å². The van der Waals surface area contributed by atoms with Gasteiger partial charge in [0.1, 0.15) is 12.0 Å². The van der Waals surface area contributed by atoms with Gasteiger partial charge in [0.15, 0.2) is 0 Å². The Balaban J connectivity index is 1.80. The third-order valence-corrected chi connectivity index (χ3v) is 4.54. The molecule has 1 amide bonds. The van der Waals surface area contributed by atoms with Gasteiger partial charge in [-0.1, -0.05) is 0 Å². The molecule has 0 aliphatic heterocycles. The van der Waals surface area contributed by atoms with Crippen LogP contribution in [0.2, 0.25) is 0 Å². The summed E-state index contributed by atoms with van der Waals surface area (Å²) in [6.45, 7) is 6.31. The fraction of sp³-hybridized carbons (Fsp3) is 0.364. The maximum atomic E-state index is 14.0. The number of hydrogen-bond acceptors (Lipinski definition) is 7. The summed E-state index contributed by atoms with van der Waals surface area (Å²) >= 11 is 0. The number of carbonyl (C=O) groups excluding carboxylic acids is 1. The van der Waals surface area contributed by atoms with Crippen molar-refractivity contribution >= 4 is 34.1 Å². The molecular weight excluding hydrogens is 399 g/mol. The van der Waals surface area contributed by atoms with Gasteiger partial charge in [-0.3, -0.25) is 14.8 Å². The number of nitrogens with zero attached hydrogens (tertiary/aromatic N) is 3. The summed E-state index contributed by atoms with van der Waals surface area (Å²) in [6, 6.07) is 7.36. The predicted octanol–water partition coefficient (Wildman–Crippen LogP) is 3.43. The van der Waals surface area contributed by atoms with Crippen molar-refractivity contribution in [3.63, 3.8) is 0 Å². The molecule has 0 radical (unpaired) electrons. The van der Waals surface area contributed by atoms with Crippen molar-refractivity contribution < 1.29 is 14.3 Å². The van der Waals surface area contributed by atoms with E-state index in [0.29, 0.717) is 11.5 Å². The monoisotopic (exact) mass is 426 g/mol. The van der Waals surface area contributed by atoms with E-state index in [1.54, 1.807) is 18.5 Å². The third kappa shape index (κ3) is 5.85. The number of anilines is 3. The number of carbonyl (C=O) groups is 1. The second-order valence-electron chi connectivity index (χ2n) is 8.13. The standard InChI is InChI=1S/C22H27FN6O2/c1-13(2)28-17-10-20(29-14-5-6-16-18(9-14)25-8-7-24-16)26-11-15(17)21(30)27-12-19(23)22(3,4)31/h5-11,13,19,31H,12H2,1-4H3,(H,27,30)(H2,26,28,29)/t19-/m1/s1. The molecule has 3 aromatic rings. The Kier molecular flexibility index (Phi) is 6.65. The quantitative estimate of drug-likeness (QED) is 0.437. The van der Waals surface area contributed by atoms with E-state index in [9.17, 15) is 14.3 Å². The Morgan fingerprint density at radius 3 is 2.52 bits per heavy atom. The van der Waals surface area contributed by atoms with Crippen LogP contribution in [0.1, 0.15) is 38.1 Å². The topological polar surface area (TPSA) is 112 Å². The maximum Gasteiger partial charge on any atom is 0.255 e. The molecule has 1 atom stereocenters. The van der Waals surface area contributed by atoms with Gasteiger partial charge in [0, 0.05) is 36.4 Å². The molecule has 4 N–H and O–H groups in total. The largest absolute Gasteiger partial charge is 0.387 e. The molecule has 31 heavy (non-hydrogen) atoms. The number of halogens is 1. The highest BCUT2D eigenvalue weighted by atomic mass is 19.1. The van der Waals surface area contributed by atoms with E-state index in [0.717, 1.165) is 16.7 Å². The fourth-order valence-corrected chi connectivity index (χ4v) is 2.85. The molecule has 0 unspecified atom stereocenters. The van der Waals surface area contributed by atoms with Crippen LogP contribution in [0.25, 0.3) is 11.0 Å². The molecule has 0 spiro atoms. The Labute approximate surface area is 180 Å². The van der Waals surface area contributed by atoms with Crippen LogP contribution in [0.3, 0.4) is 0 Å². The van der Waals surface area contributed by atoms with E-state index < -0.39 is 17.7 Å². The number of alkyl halides is 1. The maximum absolute atomic E-state index is 14.0. The first-order chi connectivity index (χ1) is 14.6. The third-order valence-electron chi connectivity index (χ3n) is 4.54. The molecule has 9 heteroatoms. The van der Waals surface area contributed by atoms with Crippen LogP contribution in [-0.2, 0) is 0 Å². The van der Waals surface area contributed by atoms with Crippen molar-refractivity contribution in [1.29, 1.82) is 0 Å². The van der Waals surface area contributed by atoms with E-state index in [-0.39, 0.29) is 18.2 Å². The summed E-state index contributed by atoms with van der Waals surface area (Å²) in [5.41, 5.74) is 1.61. The van der Waals surface area contributed by atoms with Crippen LogP contribution in [0.15, 0.2) is 42.9 Å². The smallest absolute Gasteiger partial charge is 0.255 e. The number of nitrogens with one attached hydrogen (secondary N) is 3. The minimum Gasteiger partial charge on any atom is -0.387 e. The minimum atomic E-state index is -1.59. The van der Waals surface area contributed by atoms with E-state index in [2.05, 4.69) is 30.9 Å². The van der Waals surface area contributed by atoms with Gasteiger partial charge in [0.25, 0.3) is 5.91 Å². The van der Waals surface area contributed by atoms with E-state index in [4.69, 9.17) is 0 Å². The Hall–Kier alpha value is -3.33. The van der Waals surface area contributed by atoms with Crippen molar-refractivity contribution in [1.82, 2.24) is 20.3 Å². The first-order valence-corrected chi connectivity index (χ1v) is 10.0. The zero-order valence-electron chi connectivity index (χ0n) is 18.0. The van der Waals surface area contributed by atoms with Crippen molar-refractivity contribution in [3.8, 4) is 0 Å². The molecule has 164 valence electrons. The van der Waals surface area contributed by atoms with Gasteiger partial charge in [-0.05, 0) is 45.9 Å². The van der Waals surface area contributed by atoms with Crippen LogP contribution in [0.4, 0.5) is 21.6 Å². The SMILES string of the molecule is CC(C)Nc1cc(Nc2ccc3nccnc3c2)ncc1C(=O)NC[C@@H](F)C(C)(C)O. The van der Waals surface area contributed by atoms with Gasteiger partial charge in [0.05, 0.1) is 34.4 Å². The van der Waals surface area contributed by atoms with Crippen molar-refractivity contribution in [2.45, 2.75) is 45.5 Å². The average molecular weight is 426 g/mol. The molecule has 0 saturated heterocycles. The highest BCUT2D eigenvalue weighted by Crippen LogP contribution is 2.24. The van der Waals surface area contributed by atoms with Crippen LogP contribution < -0.4 is 16.0 Å². The van der Waals surface area contributed by atoms with Crippen LogP contribution in [0.5, 0.6) is 0 Å². The van der Waals surface area contributed by atoms with Crippen molar-refractivity contribution in [3.05, 3.63) is 48.4 Å². The predicted molar refractivity (Wildman–Crippen MR) is 119 cm³/mol. The van der Waals surface area contributed by atoms with Crippen molar-refractivity contribution in [2.75, 3.05) is 17.2 Å². The lowest BCUT2D eigenvalue weighted by molar-refractivity contribution is -0.00177. The molecule has 0 fully saturated rings. The van der Waals surface area contributed by atoms with E-state index >= 15 is 0 Å². The van der Waals surface area contributed by atoms with E-state index in [1.807, 2.05) is 32.0 Å². The lowest BCUT2D eigenvalue weighted by Gasteiger charge is -2.23.